The van der Waals surface area contributed by atoms with Crippen LogP contribution in [0, 0.1) is 0 Å². The molecule has 25 heavy (non-hydrogen) atoms. The Morgan fingerprint density at radius 1 is 1.32 bits per heavy atom. The lowest BCUT2D eigenvalue weighted by molar-refractivity contribution is 0.0628. The van der Waals surface area contributed by atoms with Crippen LogP contribution >= 0.6 is 23.7 Å². The lowest BCUT2D eigenvalue weighted by Crippen LogP contribution is -2.47. The van der Waals surface area contributed by atoms with E-state index in [1.165, 1.54) is 11.3 Å². The maximum Gasteiger partial charge on any atom is 0.265 e. The summed E-state index contributed by atoms with van der Waals surface area (Å²) >= 11 is 1.41. The number of hydrogen-bond acceptors (Lipinski definition) is 6. The van der Waals surface area contributed by atoms with Crippen molar-refractivity contribution in [2.24, 2.45) is 5.73 Å². The minimum atomic E-state index is 0. The molecule has 2 aliphatic heterocycles. The first-order chi connectivity index (χ1) is 11.8. The average Bonchev–Trinajstić information content (AvgIpc) is 3.29. The molecule has 1 aromatic carbocycles. The quantitative estimate of drug-likeness (QED) is 0.884. The number of amides is 1. The second kappa shape index (κ2) is 7.59. The van der Waals surface area contributed by atoms with Crippen LogP contribution < -0.4 is 15.2 Å². The molecule has 2 N–H and O–H groups in total. The van der Waals surface area contributed by atoms with Crippen molar-refractivity contribution in [3.8, 4) is 22.1 Å². The third kappa shape index (κ3) is 3.44. The molecule has 1 saturated heterocycles. The number of nitrogens with zero attached hydrogens (tertiary/aromatic N) is 2. The molecular weight excluding hydrogens is 362 g/mol. The summed E-state index contributed by atoms with van der Waals surface area (Å²) in [7, 11) is 0. The molecule has 1 fully saturated rings. The Balaban J connectivity index is 0.00000182. The number of aromatic nitrogens is 1. The van der Waals surface area contributed by atoms with Crippen molar-refractivity contribution in [3.05, 3.63) is 29.3 Å². The zero-order valence-corrected chi connectivity index (χ0v) is 15.3. The predicted octanol–water partition coefficient (Wildman–Crippen LogP) is 2.91. The zero-order valence-electron chi connectivity index (χ0n) is 13.6. The van der Waals surface area contributed by atoms with E-state index in [1.807, 2.05) is 23.1 Å². The van der Waals surface area contributed by atoms with Gasteiger partial charge in [0.25, 0.3) is 5.91 Å². The Labute approximate surface area is 156 Å². The first-order valence-electron chi connectivity index (χ1n) is 8.13. The Bertz CT molecular complexity index is 767. The Morgan fingerprint density at radius 2 is 2.16 bits per heavy atom. The molecule has 1 atom stereocenters. The summed E-state index contributed by atoms with van der Waals surface area (Å²) in [5.41, 5.74) is 6.75. The number of rotatable bonds is 3. The molecule has 8 heteroatoms. The average molecular weight is 382 g/mol. The van der Waals surface area contributed by atoms with Crippen LogP contribution in [0.4, 0.5) is 0 Å². The van der Waals surface area contributed by atoms with Crippen LogP contribution in [0.1, 0.15) is 28.9 Å². The number of benzene rings is 1. The van der Waals surface area contributed by atoms with Gasteiger partial charge in [0.15, 0.2) is 11.5 Å². The van der Waals surface area contributed by atoms with Gasteiger partial charge in [0.2, 0.25) is 6.79 Å². The summed E-state index contributed by atoms with van der Waals surface area (Å²) in [4.78, 5) is 19.8. The SMILES string of the molecule is Cl.NCC1CCCCN1C(=O)c1cnc(-c2ccc3c(c2)OCO3)s1. The van der Waals surface area contributed by atoms with E-state index in [1.54, 1.807) is 6.20 Å². The monoisotopic (exact) mass is 381 g/mol. The van der Waals surface area contributed by atoms with Gasteiger partial charge in [-0.2, -0.15) is 0 Å². The fourth-order valence-electron chi connectivity index (χ4n) is 3.19. The molecule has 1 amide bonds. The first kappa shape index (κ1) is 18.0. The van der Waals surface area contributed by atoms with E-state index in [4.69, 9.17) is 15.2 Å². The number of thiazole rings is 1. The molecule has 0 spiro atoms. The maximum absolute atomic E-state index is 12.8. The minimum absolute atomic E-state index is 0. The molecule has 134 valence electrons. The molecule has 2 aromatic rings. The van der Waals surface area contributed by atoms with Gasteiger partial charge >= 0.3 is 0 Å². The normalized spacial score (nSPS) is 18.8. The molecule has 6 nitrogen and oxygen atoms in total. The maximum atomic E-state index is 12.8. The van der Waals surface area contributed by atoms with Gasteiger partial charge < -0.3 is 20.1 Å². The number of piperidine rings is 1. The van der Waals surface area contributed by atoms with Crippen LogP contribution in [0.25, 0.3) is 10.6 Å². The highest BCUT2D eigenvalue weighted by molar-refractivity contribution is 7.16. The minimum Gasteiger partial charge on any atom is -0.454 e. The van der Waals surface area contributed by atoms with E-state index < -0.39 is 0 Å². The van der Waals surface area contributed by atoms with Gasteiger partial charge in [-0.05, 0) is 37.5 Å². The number of ether oxygens (including phenoxy) is 2. The molecule has 2 aliphatic rings. The third-order valence-corrected chi connectivity index (χ3v) is 5.53. The summed E-state index contributed by atoms with van der Waals surface area (Å²) in [6, 6.07) is 5.85. The largest absolute Gasteiger partial charge is 0.454 e. The summed E-state index contributed by atoms with van der Waals surface area (Å²) in [6.07, 6.45) is 4.82. The van der Waals surface area contributed by atoms with Crippen molar-refractivity contribution in [1.82, 2.24) is 9.88 Å². The fourth-order valence-corrected chi connectivity index (χ4v) is 4.06. The summed E-state index contributed by atoms with van der Waals surface area (Å²) in [5.74, 6) is 1.50. The third-order valence-electron chi connectivity index (χ3n) is 4.50. The van der Waals surface area contributed by atoms with Crippen molar-refractivity contribution in [1.29, 1.82) is 0 Å². The van der Waals surface area contributed by atoms with Gasteiger partial charge in [0, 0.05) is 24.7 Å². The lowest BCUT2D eigenvalue weighted by Gasteiger charge is -2.34. The smallest absolute Gasteiger partial charge is 0.265 e. The van der Waals surface area contributed by atoms with Crippen LogP contribution in [0.3, 0.4) is 0 Å². The zero-order chi connectivity index (χ0) is 16.5. The fraction of sp³-hybridized carbons (Fsp3) is 0.412. The number of fused-ring (bicyclic) bond motifs is 1. The number of halogens is 1. The van der Waals surface area contributed by atoms with Gasteiger partial charge in [-0.1, -0.05) is 0 Å². The van der Waals surface area contributed by atoms with E-state index in [0.29, 0.717) is 11.4 Å². The molecule has 1 aromatic heterocycles. The van der Waals surface area contributed by atoms with Crippen molar-refractivity contribution in [3.63, 3.8) is 0 Å². The van der Waals surface area contributed by atoms with Crippen molar-refractivity contribution >= 4 is 29.7 Å². The van der Waals surface area contributed by atoms with E-state index in [2.05, 4.69) is 4.98 Å². The van der Waals surface area contributed by atoms with Gasteiger partial charge in [-0.3, -0.25) is 4.79 Å². The number of carbonyl (C=O) groups excluding carboxylic acids is 1. The van der Waals surface area contributed by atoms with Gasteiger partial charge in [0.1, 0.15) is 9.88 Å². The van der Waals surface area contributed by atoms with Crippen LogP contribution in [-0.4, -0.2) is 41.7 Å². The van der Waals surface area contributed by atoms with Crippen LogP contribution in [0.5, 0.6) is 11.5 Å². The first-order valence-corrected chi connectivity index (χ1v) is 8.95. The van der Waals surface area contributed by atoms with Crippen LogP contribution in [0.2, 0.25) is 0 Å². The highest BCUT2D eigenvalue weighted by Gasteiger charge is 2.28. The predicted molar refractivity (Wildman–Crippen MR) is 98.7 cm³/mol. The molecule has 1 unspecified atom stereocenters. The molecule has 4 rings (SSSR count). The number of likely N-dealkylation sites (tertiary alicyclic amines) is 1. The summed E-state index contributed by atoms with van der Waals surface area (Å²) in [5, 5.41) is 0.804. The van der Waals surface area contributed by atoms with E-state index in [0.717, 1.165) is 47.9 Å². The number of carbonyl (C=O) groups is 1. The molecule has 0 radical (unpaired) electrons. The molecule has 0 saturated carbocycles. The van der Waals surface area contributed by atoms with E-state index >= 15 is 0 Å². The highest BCUT2D eigenvalue weighted by atomic mass is 35.5. The molecular formula is C17H20ClN3O3S. The number of nitrogens with two attached hydrogens (primary N) is 1. The van der Waals surface area contributed by atoms with Gasteiger partial charge in [-0.25, -0.2) is 4.98 Å². The Kier molecular flexibility index (Phi) is 5.46. The van der Waals surface area contributed by atoms with Crippen LogP contribution in [0.15, 0.2) is 24.4 Å². The van der Waals surface area contributed by atoms with Gasteiger partial charge in [-0.15, -0.1) is 23.7 Å². The number of hydrogen-bond donors (Lipinski definition) is 1. The topological polar surface area (TPSA) is 77.7 Å². The van der Waals surface area contributed by atoms with Gasteiger partial charge in [0.05, 0.1) is 6.20 Å². The van der Waals surface area contributed by atoms with Crippen molar-refractivity contribution in [2.75, 3.05) is 19.9 Å². The molecule has 0 aliphatic carbocycles. The Hall–Kier alpha value is -1.83. The lowest BCUT2D eigenvalue weighted by atomic mass is 10.0. The molecule has 0 bridgehead atoms. The molecule has 3 heterocycles. The summed E-state index contributed by atoms with van der Waals surface area (Å²) < 4.78 is 10.7. The van der Waals surface area contributed by atoms with E-state index in [-0.39, 0.29) is 31.1 Å². The second-order valence-corrected chi connectivity index (χ2v) is 7.01. The Morgan fingerprint density at radius 3 is 3.00 bits per heavy atom. The van der Waals surface area contributed by atoms with Crippen molar-refractivity contribution in [2.45, 2.75) is 25.3 Å². The standard InChI is InChI=1S/C17H19N3O3S.ClH/c18-8-12-3-1-2-6-20(12)17(21)15-9-19-16(24-15)11-4-5-13-14(7-11)23-10-22-13;/h4-5,7,9,12H,1-3,6,8,10,18H2;1H. The van der Waals surface area contributed by atoms with Crippen molar-refractivity contribution < 1.29 is 14.3 Å². The highest BCUT2D eigenvalue weighted by Crippen LogP contribution is 2.37. The summed E-state index contributed by atoms with van der Waals surface area (Å²) in [6.45, 7) is 1.54. The van der Waals surface area contributed by atoms with E-state index in [9.17, 15) is 4.79 Å². The second-order valence-electron chi connectivity index (χ2n) is 5.98. The van der Waals surface area contributed by atoms with Crippen LogP contribution in [-0.2, 0) is 0 Å².